The number of aryl methyl sites for hydroxylation is 1. The maximum absolute atomic E-state index is 5.71. The third kappa shape index (κ3) is 2.90. The number of hydrogen-bond donors (Lipinski definition) is 1. The fraction of sp³-hybridized carbons (Fsp3) is 0.846. The van der Waals surface area contributed by atoms with Crippen molar-refractivity contribution in [3.63, 3.8) is 0 Å². The quantitative estimate of drug-likeness (QED) is 0.766. The first kappa shape index (κ1) is 13.5. The van der Waals surface area contributed by atoms with Gasteiger partial charge in [0.2, 0.25) is 0 Å². The number of rotatable bonds is 8. The lowest BCUT2D eigenvalue weighted by molar-refractivity contribution is 0.0484. The maximum atomic E-state index is 5.71. The van der Waals surface area contributed by atoms with E-state index in [0.29, 0.717) is 5.92 Å². The van der Waals surface area contributed by atoms with Crippen LogP contribution in [0.15, 0.2) is 6.20 Å². The van der Waals surface area contributed by atoms with E-state index in [1.165, 1.54) is 12.8 Å². The molecule has 5 nitrogen and oxygen atoms in total. The Morgan fingerprint density at radius 3 is 2.83 bits per heavy atom. The fourth-order valence-corrected chi connectivity index (χ4v) is 2.53. The minimum absolute atomic E-state index is 0.203. The summed E-state index contributed by atoms with van der Waals surface area (Å²) in [5.41, 5.74) is 1.15. The summed E-state index contributed by atoms with van der Waals surface area (Å²) in [6.45, 7) is 6.12. The van der Waals surface area contributed by atoms with Crippen molar-refractivity contribution in [1.29, 1.82) is 0 Å². The third-order valence-electron chi connectivity index (χ3n) is 3.51. The molecule has 1 saturated carbocycles. The van der Waals surface area contributed by atoms with Gasteiger partial charge in [0.25, 0.3) is 0 Å². The Morgan fingerprint density at radius 2 is 2.28 bits per heavy atom. The molecule has 1 aliphatic rings. The normalized spacial score (nSPS) is 18.8. The van der Waals surface area contributed by atoms with E-state index >= 15 is 0 Å². The first-order valence-electron chi connectivity index (χ1n) is 6.96. The average molecular weight is 252 g/mol. The monoisotopic (exact) mass is 252 g/mol. The van der Waals surface area contributed by atoms with Gasteiger partial charge in [0.05, 0.1) is 24.0 Å². The van der Waals surface area contributed by atoms with Crippen LogP contribution in [0.3, 0.4) is 0 Å². The summed E-state index contributed by atoms with van der Waals surface area (Å²) in [6.07, 6.45) is 5.72. The summed E-state index contributed by atoms with van der Waals surface area (Å²) in [5.74, 6) is 0.684. The van der Waals surface area contributed by atoms with Crippen LogP contribution in [0, 0.1) is 5.92 Å². The highest BCUT2D eigenvalue weighted by molar-refractivity contribution is 5.08. The highest BCUT2D eigenvalue weighted by Crippen LogP contribution is 2.39. The Bertz CT molecular complexity index is 362. The third-order valence-corrected chi connectivity index (χ3v) is 3.51. The Labute approximate surface area is 109 Å². The van der Waals surface area contributed by atoms with Crippen molar-refractivity contribution in [1.82, 2.24) is 20.3 Å². The van der Waals surface area contributed by atoms with Crippen molar-refractivity contribution in [3.8, 4) is 0 Å². The largest absolute Gasteiger partial charge is 0.379 e. The molecule has 1 aromatic heterocycles. The molecule has 2 atom stereocenters. The van der Waals surface area contributed by atoms with Crippen LogP contribution >= 0.6 is 0 Å². The first-order chi connectivity index (χ1) is 8.81. The van der Waals surface area contributed by atoms with Gasteiger partial charge in [0.1, 0.15) is 0 Å². The smallest absolute Gasteiger partial charge is 0.0809 e. The van der Waals surface area contributed by atoms with Crippen LogP contribution in [0.2, 0.25) is 0 Å². The van der Waals surface area contributed by atoms with E-state index in [9.17, 15) is 0 Å². The van der Waals surface area contributed by atoms with E-state index in [-0.39, 0.29) is 12.1 Å². The molecule has 0 saturated heterocycles. The molecule has 18 heavy (non-hydrogen) atoms. The molecule has 1 aliphatic carbocycles. The van der Waals surface area contributed by atoms with Gasteiger partial charge in [-0.05, 0) is 31.7 Å². The predicted octanol–water partition coefficient (Wildman–Crippen LogP) is 1.76. The van der Waals surface area contributed by atoms with E-state index in [2.05, 4.69) is 29.5 Å². The topological polar surface area (TPSA) is 52.0 Å². The van der Waals surface area contributed by atoms with Crippen LogP contribution in [0.1, 0.15) is 44.8 Å². The SMILES string of the molecule is CCCn1nncc1C(NCC)C(OC)C1CC1. The zero-order valence-corrected chi connectivity index (χ0v) is 11.6. The molecule has 102 valence electrons. The number of nitrogens with zero attached hydrogens (tertiary/aromatic N) is 3. The second kappa shape index (κ2) is 6.29. The van der Waals surface area contributed by atoms with Crippen LogP contribution in [0.5, 0.6) is 0 Å². The standard InChI is InChI=1S/C13H24N4O/c1-4-8-17-11(9-15-16-17)12(14-5-2)13(18-3)10-6-7-10/h9-10,12-14H,4-8H2,1-3H3. The molecule has 0 aliphatic heterocycles. The lowest BCUT2D eigenvalue weighted by Gasteiger charge is -2.27. The molecule has 0 bridgehead atoms. The highest BCUT2D eigenvalue weighted by Gasteiger charge is 2.38. The highest BCUT2D eigenvalue weighted by atomic mass is 16.5. The molecular formula is C13H24N4O. The Kier molecular flexibility index (Phi) is 4.72. The summed E-state index contributed by atoms with van der Waals surface area (Å²) in [5, 5.41) is 11.8. The van der Waals surface area contributed by atoms with Crippen molar-refractivity contribution >= 4 is 0 Å². The minimum Gasteiger partial charge on any atom is -0.379 e. The van der Waals surface area contributed by atoms with Crippen LogP contribution in [0.4, 0.5) is 0 Å². The van der Waals surface area contributed by atoms with E-state index in [0.717, 1.165) is 25.2 Å². The van der Waals surface area contributed by atoms with Crippen molar-refractivity contribution in [2.75, 3.05) is 13.7 Å². The van der Waals surface area contributed by atoms with E-state index in [1.807, 2.05) is 10.9 Å². The molecule has 2 rings (SSSR count). The molecular weight excluding hydrogens is 228 g/mol. The number of hydrogen-bond acceptors (Lipinski definition) is 4. The molecule has 0 aromatic carbocycles. The number of methoxy groups -OCH3 is 1. The molecule has 1 N–H and O–H groups in total. The molecule has 0 spiro atoms. The summed E-state index contributed by atoms with van der Waals surface area (Å²) < 4.78 is 7.72. The van der Waals surface area contributed by atoms with Gasteiger partial charge < -0.3 is 10.1 Å². The number of aromatic nitrogens is 3. The number of nitrogens with one attached hydrogen (secondary N) is 1. The van der Waals surface area contributed by atoms with Crippen molar-refractivity contribution in [2.45, 2.75) is 51.8 Å². The van der Waals surface area contributed by atoms with Gasteiger partial charge in [-0.1, -0.05) is 19.1 Å². The molecule has 1 heterocycles. The summed E-state index contributed by atoms with van der Waals surface area (Å²) in [6, 6.07) is 0.203. The molecule has 2 unspecified atom stereocenters. The van der Waals surface area contributed by atoms with Crippen molar-refractivity contribution in [3.05, 3.63) is 11.9 Å². The van der Waals surface area contributed by atoms with Crippen LogP contribution in [0.25, 0.3) is 0 Å². The molecule has 0 amide bonds. The fourth-order valence-electron chi connectivity index (χ4n) is 2.53. The lowest BCUT2D eigenvalue weighted by atomic mass is 10.0. The van der Waals surface area contributed by atoms with E-state index < -0.39 is 0 Å². The van der Waals surface area contributed by atoms with Gasteiger partial charge in [0, 0.05) is 13.7 Å². The van der Waals surface area contributed by atoms with Gasteiger partial charge in [-0.3, -0.25) is 0 Å². The predicted molar refractivity (Wildman–Crippen MR) is 70.3 cm³/mol. The minimum atomic E-state index is 0.203. The summed E-state index contributed by atoms with van der Waals surface area (Å²) >= 11 is 0. The zero-order valence-electron chi connectivity index (χ0n) is 11.6. The average Bonchev–Trinajstić information content (AvgIpc) is 3.10. The van der Waals surface area contributed by atoms with Gasteiger partial charge in [0.15, 0.2) is 0 Å². The van der Waals surface area contributed by atoms with Crippen LogP contribution in [-0.2, 0) is 11.3 Å². The zero-order chi connectivity index (χ0) is 13.0. The van der Waals surface area contributed by atoms with Crippen LogP contribution in [-0.4, -0.2) is 34.8 Å². The Balaban J connectivity index is 2.19. The molecule has 5 heteroatoms. The second-order valence-corrected chi connectivity index (χ2v) is 4.96. The number of likely N-dealkylation sites (N-methyl/N-ethyl adjacent to an activating group) is 1. The van der Waals surface area contributed by atoms with Gasteiger partial charge >= 0.3 is 0 Å². The van der Waals surface area contributed by atoms with Gasteiger partial charge in [-0.25, -0.2) is 4.68 Å². The number of ether oxygens (including phenoxy) is 1. The Morgan fingerprint density at radius 1 is 1.50 bits per heavy atom. The molecule has 1 aromatic rings. The molecule has 1 fully saturated rings. The lowest BCUT2D eigenvalue weighted by Crippen LogP contribution is -2.36. The maximum Gasteiger partial charge on any atom is 0.0809 e. The van der Waals surface area contributed by atoms with Gasteiger partial charge in [-0.2, -0.15) is 0 Å². The van der Waals surface area contributed by atoms with E-state index in [4.69, 9.17) is 4.74 Å². The van der Waals surface area contributed by atoms with E-state index in [1.54, 1.807) is 7.11 Å². The summed E-state index contributed by atoms with van der Waals surface area (Å²) in [4.78, 5) is 0. The second-order valence-electron chi connectivity index (χ2n) is 4.96. The summed E-state index contributed by atoms with van der Waals surface area (Å²) in [7, 11) is 1.81. The van der Waals surface area contributed by atoms with Crippen LogP contribution < -0.4 is 5.32 Å². The van der Waals surface area contributed by atoms with Gasteiger partial charge in [-0.15, -0.1) is 5.10 Å². The first-order valence-corrected chi connectivity index (χ1v) is 6.96. The van der Waals surface area contributed by atoms with Crippen molar-refractivity contribution < 1.29 is 4.74 Å². The Hall–Kier alpha value is -0.940. The molecule has 0 radical (unpaired) electrons. The van der Waals surface area contributed by atoms with Crippen molar-refractivity contribution in [2.24, 2.45) is 5.92 Å².